The van der Waals surface area contributed by atoms with Crippen LogP contribution in [-0.2, 0) is 27.5 Å². The van der Waals surface area contributed by atoms with Crippen LogP contribution >= 0.6 is 11.8 Å². The third-order valence-electron chi connectivity index (χ3n) is 5.57. The molecule has 206 valence electrons. The minimum absolute atomic E-state index is 0.0829. The molecule has 14 nitrogen and oxygen atoms in total. The van der Waals surface area contributed by atoms with Gasteiger partial charge in [0.1, 0.15) is 13.2 Å². The van der Waals surface area contributed by atoms with Gasteiger partial charge in [-0.05, 0) is 41.8 Å². The summed E-state index contributed by atoms with van der Waals surface area (Å²) < 4.78 is 10.5. The number of nitrogens with zero attached hydrogens (tertiary/aromatic N) is 5. The van der Waals surface area contributed by atoms with Gasteiger partial charge >= 0.3 is 12.2 Å². The molecule has 0 spiro atoms. The fraction of sp³-hybridized carbons (Fsp3) is 0.333. The second-order valence-corrected chi connectivity index (χ2v) is 9.91. The fourth-order valence-electron chi connectivity index (χ4n) is 3.62. The molecule has 3 rings (SSSR count). The maximum atomic E-state index is 12.8. The number of likely N-dealkylation sites (tertiary alicyclic amines) is 1. The third-order valence-corrected chi connectivity index (χ3v) is 6.57. The zero-order chi connectivity index (χ0) is 28.5. The summed E-state index contributed by atoms with van der Waals surface area (Å²) in [7, 11) is 1.36. The first-order chi connectivity index (χ1) is 18.5. The van der Waals surface area contributed by atoms with Crippen molar-refractivity contribution in [1.29, 1.82) is 0 Å². The standard InChI is InChI=1S/C24H25N5O9S/c1-16(30)39-22-11-21(27(13-22)24(32)38-15-18-5-9-20(10-6-18)29(35)36)12-25-26(2)23(31)37-14-17-3-7-19(8-4-17)28(33)34/h3-10,12,21-22H,11,13-15H2,1-2H3/t21-,22-/m0/s1. The molecule has 0 radical (unpaired) electrons. The average Bonchev–Trinajstić information content (AvgIpc) is 3.31. The van der Waals surface area contributed by atoms with Crippen LogP contribution in [0.25, 0.3) is 0 Å². The lowest BCUT2D eigenvalue weighted by Gasteiger charge is -2.21. The predicted molar refractivity (Wildman–Crippen MR) is 140 cm³/mol. The quantitative estimate of drug-likeness (QED) is 0.247. The molecule has 0 saturated carbocycles. The normalized spacial score (nSPS) is 16.6. The number of ether oxygens (including phenoxy) is 2. The van der Waals surface area contributed by atoms with Gasteiger partial charge in [0.2, 0.25) is 0 Å². The molecular weight excluding hydrogens is 534 g/mol. The molecule has 2 aromatic rings. The lowest BCUT2D eigenvalue weighted by molar-refractivity contribution is -0.385. The van der Waals surface area contributed by atoms with Crippen molar-refractivity contribution in [2.75, 3.05) is 13.6 Å². The molecule has 1 aliphatic rings. The molecule has 1 heterocycles. The molecule has 2 atom stereocenters. The largest absolute Gasteiger partial charge is 0.445 e. The van der Waals surface area contributed by atoms with Crippen LogP contribution in [0.15, 0.2) is 53.6 Å². The summed E-state index contributed by atoms with van der Waals surface area (Å²) in [6.45, 7) is 1.40. The van der Waals surface area contributed by atoms with E-state index in [1.807, 2.05) is 0 Å². The summed E-state index contributed by atoms with van der Waals surface area (Å²) in [6, 6.07) is 10.6. The zero-order valence-corrected chi connectivity index (χ0v) is 21.8. The van der Waals surface area contributed by atoms with Gasteiger partial charge in [-0.3, -0.25) is 29.9 Å². The van der Waals surface area contributed by atoms with Gasteiger partial charge in [0, 0.05) is 56.2 Å². The van der Waals surface area contributed by atoms with E-state index < -0.39 is 28.1 Å². The van der Waals surface area contributed by atoms with Crippen molar-refractivity contribution in [2.24, 2.45) is 5.10 Å². The van der Waals surface area contributed by atoms with Crippen LogP contribution in [0.5, 0.6) is 0 Å². The van der Waals surface area contributed by atoms with Gasteiger partial charge < -0.3 is 9.47 Å². The van der Waals surface area contributed by atoms with Crippen molar-refractivity contribution < 1.29 is 33.7 Å². The van der Waals surface area contributed by atoms with E-state index in [1.54, 1.807) is 0 Å². The average molecular weight is 560 g/mol. The van der Waals surface area contributed by atoms with Crippen molar-refractivity contribution in [3.63, 3.8) is 0 Å². The van der Waals surface area contributed by atoms with Crippen LogP contribution in [0.4, 0.5) is 21.0 Å². The molecule has 1 aliphatic heterocycles. The topological polar surface area (TPSA) is 175 Å². The number of hydrazone groups is 1. The first kappa shape index (κ1) is 29.0. The van der Waals surface area contributed by atoms with Gasteiger partial charge in [-0.15, -0.1) is 0 Å². The van der Waals surface area contributed by atoms with Crippen LogP contribution < -0.4 is 0 Å². The number of thioether (sulfide) groups is 1. The Bertz CT molecular complexity index is 1250. The van der Waals surface area contributed by atoms with Crippen molar-refractivity contribution in [3.05, 3.63) is 79.9 Å². The molecule has 0 unspecified atom stereocenters. The van der Waals surface area contributed by atoms with Gasteiger partial charge in [-0.25, -0.2) is 14.6 Å². The van der Waals surface area contributed by atoms with Crippen LogP contribution in [0.3, 0.4) is 0 Å². The third kappa shape index (κ3) is 8.49. The monoisotopic (exact) mass is 559 g/mol. The number of nitro groups is 2. The molecule has 0 bridgehead atoms. The molecular formula is C24H25N5O9S. The van der Waals surface area contributed by atoms with E-state index in [4.69, 9.17) is 9.47 Å². The Balaban J connectivity index is 1.58. The van der Waals surface area contributed by atoms with Crippen LogP contribution in [-0.4, -0.2) is 68.2 Å². The first-order valence-corrected chi connectivity index (χ1v) is 12.4. The highest BCUT2D eigenvalue weighted by molar-refractivity contribution is 8.14. The van der Waals surface area contributed by atoms with E-state index >= 15 is 0 Å². The van der Waals surface area contributed by atoms with Gasteiger partial charge in [-0.1, -0.05) is 11.8 Å². The summed E-state index contributed by atoms with van der Waals surface area (Å²) in [5.41, 5.74) is 0.942. The first-order valence-electron chi connectivity index (χ1n) is 11.6. The van der Waals surface area contributed by atoms with Crippen LogP contribution in [0.2, 0.25) is 0 Å². The smallest absolute Gasteiger partial charge is 0.430 e. The zero-order valence-electron chi connectivity index (χ0n) is 21.0. The Kier molecular flexibility index (Phi) is 9.92. The van der Waals surface area contributed by atoms with Gasteiger partial charge in [0.25, 0.3) is 11.4 Å². The Labute approximate surface area is 226 Å². The Morgan fingerprint density at radius 2 is 1.51 bits per heavy atom. The number of rotatable bonds is 9. The second-order valence-electron chi connectivity index (χ2n) is 8.43. The van der Waals surface area contributed by atoms with Crippen LogP contribution in [0, 0.1) is 20.2 Å². The minimum Gasteiger partial charge on any atom is -0.445 e. The summed E-state index contributed by atoms with van der Waals surface area (Å²) in [5, 5.41) is 26.3. The molecule has 0 aromatic heterocycles. The predicted octanol–water partition coefficient (Wildman–Crippen LogP) is 4.12. The number of carbonyl (C=O) groups excluding carboxylic acids is 3. The molecule has 0 aliphatic carbocycles. The van der Waals surface area contributed by atoms with Crippen molar-refractivity contribution in [3.8, 4) is 0 Å². The van der Waals surface area contributed by atoms with E-state index in [0.717, 1.165) is 16.8 Å². The van der Waals surface area contributed by atoms with E-state index in [0.29, 0.717) is 17.5 Å². The van der Waals surface area contributed by atoms with E-state index in [2.05, 4.69) is 5.10 Å². The summed E-state index contributed by atoms with van der Waals surface area (Å²) >= 11 is 1.09. The van der Waals surface area contributed by atoms with Crippen molar-refractivity contribution in [2.45, 2.75) is 37.9 Å². The highest BCUT2D eigenvalue weighted by Crippen LogP contribution is 2.28. The van der Waals surface area contributed by atoms with Crippen molar-refractivity contribution >= 4 is 46.7 Å². The van der Waals surface area contributed by atoms with Gasteiger partial charge in [0.15, 0.2) is 5.12 Å². The number of nitro benzene ring substituents is 2. The van der Waals surface area contributed by atoms with Gasteiger partial charge in [0.05, 0.1) is 15.9 Å². The van der Waals surface area contributed by atoms with E-state index in [9.17, 15) is 34.6 Å². The molecule has 2 amide bonds. The molecule has 39 heavy (non-hydrogen) atoms. The SMILES string of the molecule is CC(=O)S[C@H]1C[C@@H](C=NN(C)C(=O)OCc2ccc([N+](=O)[O-])cc2)N(C(=O)OCc2ccc([N+](=O)[O-])cc2)C1. The number of amides is 2. The molecule has 1 fully saturated rings. The highest BCUT2D eigenvalue weighted by Gasteiger charge is 2.36. The number of hydrogen-bond donors (Lipinski definition) is 0. The molecule has 0 N–H and O–H groups in total. The molecule has 1 saturated heterocycles. The van der Waals surface area contributed by atoms with E-state index in [1.165, 1.54) is 73.6 Å². The second kappa shape index (κ2) is 13.3. The lowest BCUT2D eigenvalue weighted by atomic mass is 10.2. The maximum Gasteiger partial charge on any atom is 0.430 e. The Hall–Kier alpha value is -4.53. The number of hydrogen-bond acceptors (Lipinski definition) is 11. The summed E-state index contributed by atoms with van der Waals surface area (Å²) in [5.74, 6) is 0. The van der Waals surface area contributed by atoms with E-state index in [-0.39, 0.29) is 41.5 Å². The lowest BCUT2D eigenvalue weighted by Crippen LogP contribution is -2.37. The Morgan fingerprint density at radius 1 is 1.00 bits per heavy atom. The maximum absolute atomic E-state index is 12.8. The highest BCUT2D eigenvalue weighted by atomic mass is 32.2. The van der Waals surface area contributed by atoms with Gasteiger partial charge in [-0.2, -0.15) is 5.10 Å². The van der Waals surface area contributed by atoms with Crippen molar-refractivity contribution in [1.82, 2.24) is 9.91 Å². The van der Waals surface area contributed by atoms with Crippen LogP contribution in [0.1, 0.15) is 24.5 Å². The fourth-order valence-corrected chi connectivity index (χ4v) is 4.61. The molecule has 2 aromatic carbocycles. The Morgan fingerprint density at radius 3 is 2.00 bits per heavy atom. The summed E-state index contributed by atoms with van der Waals surface area (Å²) in [4.78, 5) is 58.7. The number of benzene rings is 2. The number of carbonyl (C=O) groups is 3. The molecule has 15 heteroatoms. The minimum atomic E-state index is -0.787. The number of non-ortho nitro benzene ring substituents is 2. The summed E-state index contributed by atoms with van der Waals surface area (Å²) in [6.07, 6.45) is 0.331.